The third-order valence-corrected chi connectivity index (χ3v) is 8.41. The summed E-state index contributed by atoms with van der Waals surface area (Å²) >= 11 is 0. The number of benzene rings is 2. The number of aromatic nitrogens is 3. The van der Waals surface area contributed by atoms with Gasteiger partial charge in [0.05, 0.1) is 17.5 Å². The summed E-state index contributed by atoms with van der Waals surface area (Å²) in [6.07, 6.45) is -0.665. The Labute approximate surface area is 249 Å². The van der Waals surface area contributed by atoms with Crippen LogP contribution in [-0.2, 0) is 36.5 Å². The second kappa shape index (κ2) is 11.8. The number of carbonyl (C=O) groups excluding carboxylic acids is 2. The zero-order valence-corrected chi connectivity index (χ0v) is 24.7. The fourth-order valence-corrected chi connectivity index (χ4v) is 6.35. The van der Waals surface area contributed by atoms with Crippen LogP contribution in [0.15, 0.2) is 42.7 Å². The molecule has 1 aliphatic heterocycles. The Hall–Kier alpha value is -4.17. The van der Waals surface area contributed by atoms with E-state index in [-0.39, 0.29) is 41.6 Å². The van der Waals surface area contributed by atoms with Crippen molar-refractivity contribution >= 4 is 17.5 Å². The molecule has 226 valence electrons. The van der Waals surface area contributed by atoms with Crippen LogP contribution in [0.2, 0.25) is 0 Å². The Bertz CT molecular complexity index is 1600. The summed E-state index contributed by atoms with van der Waals surface area (Å²) in [7, 11) is 1.90. The molecule has 2 N–H and O–H groups in total. The van der Waals surface area contributed by atoms with Gasteiger partial charge in [-0.05, 0) is 85.9 Å². The number of aryl methyl sites for hydroxylation is 1. The van der Waals surface area contributed by atoms with Crippen molar-refractivity contribution in [3.63, 3.8) is 0 Å². The van der Waals surface area contributed by atoms with E-state index in [1.165, 1.54) is 4.90 Å². The molecule has 2 aromatic carbocycles. The third kappa shape index (κ3) is 6.02. The number of rotatable bonds is 9. The zero-order valence-electron chi connectivity index (χ0n) is 24.7. The molecule has 0 radical (unpaired) electrons. The number of carbonyl (C=O) groups is 2. The molecule has 2 amide bonds. The Kier molecular flexibility index (Phi) is 8.34. The van der Waals surface area contributed by atoms with E-state index >= 15 is 0 Å². The molecule has 0 spiro atoms. The zero-order chi connectivity index (χ0) is 30.9. The SMILES string of the molecule is CC#CC(=O)NCCC(C)NCc1cc2c(c(C(F)(F)F)c1)CN(c1cccc(C3(c4nncn4C)CC(C)C3)c1)C2=O. The highest BCUT2D eigenvalue weighted by Crippen LogP contribution is 2.52. The number of alkyl halides is 3. The van der Waals surface area contributed by atoms with Crippen LogP contribution in [0.5, 0.6) is 0 Å². The van der Waals surface area contributed by atoms with E-state index in [9.17, 15) is 22.8 Å². The minimum absolute atomic E-state index is 0.0141. The topological polar surface area (TPSA) is 92.2 Å². The first-order chi connectivity index (χ1) is 20.4. The van der Waals surface area contributed by atoms with E-state index in [0.717, 1.165) is 30.3 Å². The molecule has 43 heavy (non-hydrogen) atoms. The van der Waals surface area contributed by atoms with Gasteiger partial charge >= 0.3 is 6.18 Å². The lowest BCUT2D eigenvalue weighted by Gasteiger charge is -2.46. The van der Waals surface area contributed by atoms with E-state index in [2.05, 4.69) is 39.6 Å². The van der Waals surface area contributed by atoms with E-state index in [1.807, 2.05) is 36.7 Å². The van der Waals surface area contributed by atoms with E-state index < -0.39 is 17.6 Å². The lowest BCUT2D eigenvalue weighted by Crippen LogP contribution is -2.43. The molecule has 1 saturated carbocycles. The smallest absolute Gasteiger partial charge is 0.345 e. The lowest BCUT2D eigenvalue weighted by molar-refractivity contribution is -0.138. The van der Waals surface area contributed by atoms with Gasteiger partial charge in [-0.25, -0.2) is 0 Å². The fraction of sp³-hybridized carbons (Fsp3) is 0.438. The van der Waals surface area contributed by atoms with Crippen LogP contribution in [0, 0.1) is 17.8 Å². The maximum Gasteiger partial charge on any atom is 0.416 e. The van der Waals surface area contributed by atoms with E-state index in [0.29, 0.717) is 30.1 Å². The normalized spacial score (nSPS) is 20.2. The molecule has 3 aromatic rings. The summed E-state index contributed by atoms with van der Waals surface area (Å²) in [6.45, 7) is 5.98. The Balaban J connectivity index is 1.37. The standard InChI is InChI=1S/C32H35F3N6O2/c1-5-7-28(42)36-11-10-21(3)37-17-22-12-25-26(27(13-22)32(33,34)35)18-41(29(25)43)24-9-6-8-23(14-24)31(15-20(2)16-31)30-39-38-19-40(30)4/h6,8-9,12-14,19-21,37H,10-11,15-18H2,1-4H3,(H,36,42). The van der Waals surface area contributed by atoms with E-state index in [1.54, 1.807) is 25.4 Å². The van der Waals surface area contributed by atoms with Gasteiger partial charge in [-0.15, -0.1) is 10.2 Å². The van der Waals surface area contributed by atoms with Crippen molar-refractivity contribution in [1.29, 1.82) is 0 Å². The summed E-state index contributed by atoms with van der Waals surface area (Å²) in [5.41, 5.74) is 0.777. The number of hydrogen-bond acceptors (Lipinski definition) is 5. The predicted octanol–water partition coefficient (Wildman–Crippen LogP) is 4.72. The summed E-state index contributed by atoms with van der Waals surface area (Å²) in [5.74, 6) is 5.41. The van der Waals surface area contributed by atoms with Gasteiger partial charge in [0, 0.05) is 37.4 Å². The first kappa shape index (κ1) is 30.3. The van der Waals surface area contributed by atoms with Crippen LogP contribution in [0.25, 0.3) is 0 Å². The second-order valence-corrected chi connectivity index (χ2v) is 11.7. The summed E-state index contributed by atoms with van der Waals surface area (Å²) < 4.78 is 44.7. The molecule has 1 unspecified atom stereocenters. The molecule has 2 aliphatic rings. The maximum absolute atomic E-state index is 14.3. The molecule has 2 heterocycles. The van der Waals surface area contributed by atoms with Crippen LogP contribution >= 0.6 is 0 Å². The number of nitrogens with zero attached hydrogens (tertiary/aromatic N) is 4. The molecule has 8 nitrogen and oxygen atoms in total. The molecule has 1 aromatic heterocycles. The lowest BCUT2D eigenvalue weighted by atomic mass is 9.58. The van der Waals surface area contributed by atoms with Crippen molar-refractivity contribution in [2.75, 3.05) is 11.4 Å². The first-order valence-electron chi connectivity index (χ1n) is 14.4. The summed E-state index contributed by atoms with van der Waals surface area (Å²) in [4.78, 5) is 26.6. The van der Waals surface area contributed by atoms with Gasteiger partial charge < -0.3 is 20.1 Å². The van der Waals surface area contributed by atoms with Crippen molar-refractivity contribution in [1.82, 2.24) is 25.4 Å². The molecule has 0 saturated heterocycles. The molecular formula is C32H35F3N6O2. The van der Waals surface area contributed by atoms with Gasteiger partial charge in [0.25, 0.3) is 11.8 Å². The van der Waals surface area contributed by atoms with Gasteiger partial charge in [0.1, 0.15) is 12.2 Å². The van der Waals surface area contributed by atoms with Crippen molar-refractivity contribution in [3.05, 3.63) is 76.4 Å². The van der Waals surface area contributed by atoms with E-state index in [4.69, 9.17) is 0 Å². The monoisotopic (exact) mass is 592 g/mol. The molecule has 11 heteroatoms. The number of amides is 2. The summed E-state index contributed by atoms with van der Waals surface area (Å²) in [5, 5.41) is 14.3. The van der Waals surface area contributed by atoms with Crippen LogP contribution < -0.4 is 15.5 Å². The highest BCUT2D eigenvalue weighted by atomic mass is 19.4. The molecule has 1 atom stereocenters. The van der Waals surface area contributed by atoms with Gasteiger partial charge in [-0.1, -0.05) is 25.0 Å². The average molecular weight is 593 g/mol. The van der Waals surface area contributed by atoms with Crippen molar-refractivity contribution in [3.8, 4) is 11.8 Å². The largest absolute Gasteiger partial charge is 0.416 e. The molecule has 5 rings (SSSR count). The number of nitrogens with one attached hydrogen (secondary N) is 2. The fourth-order valence-electron chi connectivity index (χ4n) is 6.35. The Morgan fingerprint density at radius 2 is 2.00 bits per heavy atom. The minimum atomic E-state index is -4.62. The van der Waals surface area contributed by atoms with Crippen molar-refractivity contribution in [2.45, 2.75) is 70.8 Å². The van der Waals surface area contributed by atoms with Crippen LogP contribution in [0.1, 0.15) is 78.5 Å². The van der Waals surface area contributed by atoms with Crippen LogP contribution in [0.3, 0.4) is 0 Å². The van der Waals surface area contributed by atoms with Gasteiger partial charge in [0.15, 0.2) is 0 Å². The minimum Gasteiger partial charge on any atom is -0.345 e. The first-order valence-corrected chi connectivity index (χ1v) is 14.4. The quantitative estimate of drug-likeness (QED) is 0.351. The van der Waals surface area contributed by atoms with Gasteiger partial charge in [-0.3, -0.25) is 9.59 Å². The van der Waals surface area contributed by atoms with Crippen LogP contribution in [0.4, 0.5) is 18.9 Å². The van der Waals surface area contributed by atoms with Crippen molar-refractivity contribution in [2.24, 2.45) is 13.0 Å². The number of halogens is 3. The van der Waals surface area contributed by atoms with Gasteiger partial charge in [0.2, 0.25) is 0 Å². The molecular weight excluding hydrogens is 557 g/mol. The van der Waals surface area contributed by atoms with Crippen molar-refractivity contribution < 1.29 is 22.8 Å². The highest BCUT2D eigenvalue weighted by Gasteiger charge is 2.48. The number of hydrogen-bond donors (Lipinski definition) is 2. The molecule has 1 fully saturated rings. The number of anilines is 1. The Morgan fingerprint density at radius 3 is 2.65 bits per heavy atom. The third-order valence-electron chi connectivity index (χ3n) is 8.41. The van der Waals surface area contributed by atoms with Crippen LogP contribution in [-0.4, -0.2) is 39.2 Å². The average Bonchev–Trinajstić information content (AvgIpc) is 3.52. The second-order valence-electron chi connectivity index (χ2n) is 11.7. The highest BCUT2D eigenvalue weighted by molar-refractivity contribution is 6.10. The Morgan fingerprint density at radius 1 is 1.23 bits per heavy atom. The number of fused-ring (bicyclic) bond motifs is 1. The van der Waals surface area contributed by atoms with Gasteiger partial charge in [-0.2, -0.15) is 13.2 Å². The predicted molar refractivity (Wildman–Crippen MR) is 156 cm³/mol. The molecule has 1 aliphatic carbocycles. The molecule has 0 bridgehead atoms. The maximum atomic E-state index is 14.3. The summed E-state index contributed by atoms with van der Waals surface area (Å²) in [6, 6.07) is 10.1.